The minimum absolute atomic E-state index is 0.0373. The van der Waals surface area contributed by atoms with Gasteiger partial charge < -0.3 is 15.3 Å². The van der Waals surface area contributed by atoms with Crippen molar-refractivity contribution in [2.45, 2.75) is 45.3 Å². The molecular weight excluding hydrogens is 506 g/mol. The molecule has 1 aliphatic rings. The zero-order valence-electron chi connectivity index (χ0n) is 21.4. The van der Waals surface area contributed by atoms with Gasteiger partial charge in [-0.3, -0.25) is 10.1 Å². The predicted molar refractivity (Wildman–Crippen MR) is 140 cm³/mol. The van der Waals surface area contributed by atoms with E-state index in [1.165, 1.54) is 16.9 Å². The van der Waals surface area contributed by atoms with Crippen molar-refractivity contribution < 1.29 is 14.7 Å². The first-order chi connectivity index (χ1) is 18.7. The molecule has 0 aliphatic carbocycles. The van der Waals surface area contributed by atoms with E-state index in [9.17, 15) is 15.2 Å². The third kappa shape index (κ3) is 4.56. The Labute approximate surface area is 221 Å². The smallest absolute Gasteiger partial charge is 0.300 e. The third-order valence-corrected chi connectivity index (χ3v) is 6.45. The Balaban J connectivity index is 1.36. The van der Waals surface area contributed by atoms with E-state index in [0.717, 1.165) is 5.56 Å². The number of aromatic nitrogens is 8. The van der Waals surface area contributed by atoms with E-state index in [2.05, 4.69) is 25.7 Å². The van der Waals surface area contributed by atoms with Gasteiger partial charge in [-0.15, -0.1) is 10.2 Å². The summed E-state index contributed by atoms with van der Waals surface area (Å²) in [7, 11) is 0. The number of anilines is 3. The number of nitrogens with zero attached hydrogens (tertiary/aromatic N) is 10. The van der Waals surface area contributed by atoms with Gasteiger partial charge in [-0.1, -0.05) is 26.8 Å². The Hall–Kier alpha value is -4.79. The van der Waals surface area contributed by atoms with Crippen molar-refractivity contribution in [1.29, 1.82) is 0 Å². The first-order valence-corrected chi connectivity index (χ1v) is 12.3. The van der Waals surface area contributed by atoms with Crippen LogP contribution in [0.5, 0.6) is 0 Å². The van der Waals surface area contributed by atoms with Crippen molar-refractivity contribution in [1.82, 2.24) is 40.3 Å². The highest BCUT2D eigenvalue weighted by Gasteiger charge is 2.29. The molecule has 0 radical (unpaired) electrons. The molecule has 200 valence electrons. The molecular formula is C24H25N11O4. The number of aliphatic hydroxyl groups is 1. The molecule has 4 aromatic heterocycles. The number of fused-ring (bicyclic) bond motifs is 2. The zero-order chi connectivity index (χ0) is 27.3. The van der Waals surface area contributed by atoms with Crippen molar-refractivity contribution in [3.63, 3.8) is 0 Å². The molecule has 15 heteroatoms. The van der Waals surface area contributed by atoms with Crippen molar-refractivity contribution >= 4 is 45.2 Å². The van der Waals surface area contributed by atoms with Crippen LogP contribution < -0.4 is 10.2 Å². The Morgan fingerprint density at radius 2 is 1.97 bits per heavy atom. The monoisotopic (exact) mass is 531 g/mol. The summed E-state index contributed by atoms with van der Waals surface area (Å²) in [5.74, 6) is 1.79. The topological polar surface area (TPSA) is 187 Å². The molecule has 0 saturated carbocycles. The first-order valence-electron chi connectivity index (χ1n) is 12.3. The largest absolute Gasteiger partial charge is 0.391 e. The van der Waals surface area contributed by atoms with Gasteiger partial charge in [0.25, 0.3) is 0 Å². The number of pyridine rings is 1. The van der Waals surface area contributed by atoms with Crippen LogP contribution in [0.2, 0.25) is 0 Å². The van der Waals surface area contributed by atoms with E-state index in [0.29, 0.717) is 53.8 Å². The molecule has 0 spiro atoms. The Bertz CT molecular complexity index is 1710. The first kappa shape index (κ1) is 24.5. The molecule has 5 heterocycles. The van der Waals surface area contributed by atoms with Gasteiger partial charge >= 0.3 is 5.69 Å². The fraction of sp³-hybridized carbons (Fsp3) is 0.375. The molecule has 0 amide bonds. The maximum Gasteiger partial charge on any atom is 0.300 e. The van der Waals surface area contributed by atoms with Gasteiger partial charge in [0.2, 0.25) is 11.2 Å². The van der Waals surface area contributed by atoms with Gasteiger partial charge in [0, 0.05) is 36.3 Å². The Kier molecular flexibility index (Phi) is 5.79. The molecule has 1 aromatic carbocycles. The van der Waals surface area contributed by atoms with Gasteiger partial charge in [0.1, 0.15) is 11.6 Å². The second-order valence-electron chi connectivity index (χ2n) is 10.4. The average molecular weight is 532 g/mol. The molecule has 0 bridgehead atoms. The standard InChI is InChI=1S/C24H25N11O4/c1-24(2,3)23-27-21-19(22(28-23)33-10-8-14(36)12-33)29-34(30-21)11-13-5-4-9-25-20(13)26-15-6-7-16(35(37)38)18-17(15)31-39-32-18/h4-7,9,14,36H,8,10-12H2,1-3H3,(H,25,26)/t14-/m0/s1. The summed E-state index contributed by atoms with van der Waals surface area (Å²) in [6.45, 7) is 7.50. The molecule has 2 N–H and O–H groups in total. The van der Waals surface area contributed by atoms with Crippen LogP contribution in [-0.4, -0.2) is 69.5 Å². The number of hydrogen-bond acceptors (Lipinski definition) is 13. The fourth-order valence-corrected chi connectivity index (χ4v) is 4.46. The lowest BCUT2D eigenvalue weighted by Crippen LogP contribution is -2.25. The normalized spacial score (nSPS) is 15.9. The summed E-state index contributed by atoms with van der Waals surface area (Å²) in [5.41, 5.74) is 1.96. The summed E-state index contributed by atoms with van der Waals surface area (Å²) < 4.78 is 4.77. The van der Waals surface area contributed by atoms with Crippen LogP contribution >= 0.6 is 0 Å². The number of nitro benzene ring substituents is 1. The molecule has 1 aliphatic heterocycles. The molecule has 1 fully saturated rings. The van der Waals surface area contributed by atoms with Crippen molar-refractivity contribution in [3.8, 4) is 0 Å². The van der Waals surface area contributed by atoms with Crippen LogP contribution in [0.4, 0.5) is 23.0 Å². The van der Waals surface area contributed by atoms with Crippen LogP contribution in [-0.2, 0) is 12.0 Å². The van der Waals surface area contributed by atoms with E-state index in [1.54, 1.807) is 12.3 Å². The number of nitrogens with one attached hydrogen (secondary N) is 1. The highest BCUT2D eigenvalue weighted by molar-refractivity contribution is 5.94. The second kappa shape index (κ2) is 9.20. The lowest BCUT2D eigenvalue weighted by molar-refractivity contribution is -0.383. The molecule has 1 atom stereocenters. The maximum absolute atomic E-state index is 11.3. The number of hydrogen-bond donors (Lipinski definition) is 2. The Morgan fingerprint density at radius 1 is 1.15 bits per heavy atom. The highest BCUT2D eigenvalue weighted by atomic mass is 16.6. The van der Waals surface area contributed by atoms with Crippen molar-refractivity contribution in [2.75, 3.05) is 23.3 Å². The van der Waals surface area contributed by atoms with E-state index >= 15 is 0 Å². The fourth-order valence-electron chi connectivity index (χ4n) is 4.46. The summed E-state index contributed by atoms with van der Waals surface area (Å²) in [6.07, 6.45) is 1.87. The van der Waals surface area contributed by atoms with Gasteiger partial charge in [0.05, 0.1) is 23.3 Å². The minimum Gasteiger partial charge on any atom is -0.391 e. The number of non-ortho nitro benzene ring substituents is 1. The highest BCUT2D eigenvalue weighted by Crippen LogP contribution is 2.32. The SMILES string of the molecule is CC(C)(C)c1nc(N2CC[C@H](O)C2)c2nn(Cc3cccnc3Nc3ccc([N+](=O)[O-])c4nonc34)nc2n1. The number of benzene rings is 1. The van der Waals surface area contributed by atoms with Crippen LogP contribution in [0, 0.1) is 10.1 Å². The van der Waals surface area contributed by atoms with Crippen LogP contribution in [0.3, 0.4) is 0 Å². The molecule has 5 aromatic rings. The maximum atomic E-state index is 11.3. The van der Waals surface area contributed by atoms with Crippen LogP contribution in [0.1, 0.15) is 38.6 Å². The predicted octanol–water partition coefficient (Wildman–Crippen LogP) is 2.72. The van der Waals surface area contributed by atoms with Gasteiger partial charge in [-0.2, -0.15) is 4.80 Å². The quantitative estimate of drug-likeness (QED) is 0.241. The summed E-state index contributed by atoms with van der Waals surface area (Å²) in [5, 5.41) is 41.5. The number of β-amino-alcohol motifs (C(OH)–C–C–N with tert-alkyl or cyclic N) is 1. The lowest BCUT2D eigenvalue weighted by Gasteiger charge is -2.21. The van der Waals surface area contributed by atoms with Crippen molar-refractivity contribution in [2.24, 2.45) is 0 Å². The zero-order valence-corrected chi connectivity index (χ0v) is 21.4. The van der Waals surface area contributed by atoms with Crippen LogP contribution in [0.25, 0.3) is 22.2 Å². The van der Waals surface area contributed by atoms with E-state index in [4.69, 9.17) is 19.7 Å². The van der Waals surface area contributed by atoms with E-state index in [1.807, 2.05) is 31.7 Å². The van der Waals surface area contributed by atoms with Gasteiger partial charge in [-0.05, 0) is 28.9 Å². The van der Waals surface area contributed by atoms with Gasteiger partial charge in [-0.25, -0.2) is 19.6 Å². The molecule has 15 nitrogen and oxygen atoms in total. The van der Waals surface area contributed by atoms with Crippen LogP contribution in [0.15, 0.2) is 35.1 Å². The van der Waals surface area contributed by atoms with Gasteiger partial charge in [0.15, 0.2) is 16.9 Å². The number of rotatable bonds is 6. The Morgan fingerprint density at radius 3 is 2.72 bits per heavy atom. The lowest BCUT2D eigenvalue weighted by atomic mass is 9.96. The number of aliphatic hydroxyl groups excluding tert-OH is 1. The molecule has 6 rings (SSSR count). The molecule has 1 saturated heterocycles. The molecule has 0 unspecified atom stereocenters. The van der Waals surface area contributed by atoms with E-state index in [-0.39, 0.29) is 28.7 Å². The second-order valence-corrected chi connectivity index (χ2v) is 10.4. The summed E-state index contributed by atoms with van der Waals surface area (Å²) in [4.78, 5) is 28.3. The van der Waals surface area contributed by atoms with E-state index < -0.39 is 11.0 Å². The molecule has 39 heavy (non-hydrogen) atoms. The average Bonchev–Trinajstić information content (AvgIpc) is 3.63. The summed E-state index contributed by atoms with van der Waals surface area (Å²) in [6, 6.07) is 6.53. The summed E-state index contributed by atoms with van der Waals surface area (Å²) >= 11 is 0. The minimum atomic E-state index is -0.540. The van der Waals surface area contributed by atoms with Crippen molar-refractivity contribution in [3.05, 3.63) is 52.0 Å². The number of nitro groups is 1. The third-order valence-electron chi connectivity index (χ3n) is 6.45.